The van der Waals surface area contributed by atoms with Gasteiger partial charge in [0.05, 0.1) is 31.1 Å². The van der Waals surface area contributed by atoms with Gasteiger partial charge in [-0.3, -0.25) is 4.90 Å². The van der Waals surface area contributed by atoms with Gasteiger partial charge in [0.15, 0.2) is 0 Å². The molecule has 7 nitrogen and oxygen atoms in total. The Bertz CT molecular complexity index is 1110. The van der Waals surface area contributed by atoms with Crippen molar-refractivity contribution in [3.8, 4) is 0 Å². The first-order valence-corrected chi connectivity index (χ1v) is 11.1. The predicted molar refractivity (Wildman–Crippen MR) is 126 cm³/mol. The third kappa shape index (κ3) is 5.17. The van der Waals surface area contributed by atoms with Crippen molar-refractivity contribution in [2.24, 2.45) is 0 Å². The maximum absolute atomic E-state index is 14.1. The first kappa shape index (κ1) is 23.2. The summed E-state index contributed by atoms with van der Waals surface area (Å²) in [5.41, 5.74) is 2.01. The fourth-order valence-electron chi connectivity index (χ4n) is 4.43. The number of rotatable bonds is 6. The second-order valence-corrected chi connectivity index (χ2v) is 9.36. The molecule has 0 radical (unpaired) electrons. The van der Waals surface area contributed by atoms with Gasteiger partial charge in [0.25, 0.3) is 0 Å². The molecule has 1 N–H and O–H groups in total. The zero-order chi connectivity index (χ0) is 23.8. The maximum atomic E-state index is 14.1. The van der Waals surface area contributed by atoms with Crippen molar-refractivity contribution in [2.45, 2.75) is 45.3 Å². The van der Waals surface area contributed by atoms with Gasteiger partial charge in [0.2, 0.25) is 0 Å². The fraction of sp³-hybridized carbons (Fsp3) is 0.440. The van der Waals surface area contributed by atoms with Gasteiger partial charge >= 0.3 is 5.97 Å². The number of fused-ring (bicyclic) bond motifs is 1. The van der Waals surface area contributed by atoms with Crippen LogP contribution in [-0.2, 0) is 11.3 Å². The molecule has 4 rings (SSSR count). The first-order chi connectivity index (χ1) is 15.6. The Labute approximate surface area is 193 Å². The van der Waals surface area contributed by atoms with Crippen molar-refractivity contribution in [1.82, 2.24) is 14.5 Å². The Morgan fingerprint density at radius 1 is 1.24 bits per heavy atom. The molecule has 176 valence electrons. The van der Waals surface area contributed by atoms with E-state index in [0.29, 0.717) is 25.2 Å². The number of hydrogen-bond donors (Lipinski definition) is 1. The molecule has 3 heterocycles. The lowest BCUT2D eigenvalue weighted by atomic mass is 10.1. The third-order valence-corrected chi connectivity index (χ3v) is 6.06. The highest BCUT2D eigenvalue weighted by molar-refractivity contribution is 5.89. The second-order valence-electron chi connectivity index (χ2n) is 9.36. The minimum Gasteiger partial charge on any atom is -0.465 e. The molecule has 2 atom stereocenters. The highest BCUT2D eigenvalue weighted by Crippen LogP contribution is 2.27. The topological polar surface area (TPSA) is 70.8 Å². The zero-order valence-corrected chi connectivity index (χ0v) is 19.5. The summed E-state index contributed by atoms with van der Waals surface area (Å²) in [5, 5.41) is 11.7. The van der Waals surface area contributed by atoms with Crippen LogP contribution in [0.15, 0.2) is 48.8 Å². The number of alkyl halides is 1. The van der Waals surface area contributed by atoms with Crippen LogP contribution >= 0.6 is 0 Å². The summed E-state index contributed by atoms with van der Waals surface area (Å²) in [5.74, 6) is -0.351. The summed E-state index contributed by atoms with van der Waals surface area (Å²) in [6.45, 7) is 7.00. The standard InChI is InChI=1S/C25H31FN4O3/c1-17-13-29(15-22(31)30(17)16-25(2,3)26)21-11-20-9-10-28(23(20)27-12-21)14-18-5-7-19(8-6-18)24(32)33-4/h5-12,17,22,31H,13-16H2,1-4H3. The molecule has 2 aromatic heterocycles. The van der Waals surface area contributed by atoms with Crippen LogP contribution in [0.2, 0.25) is 0 Å². The zero-order valence-electron chi connectivity index (χ0n) is 19.5. The highest BCUT2D eigenvalue weighted by atomic mass is 19.1. The van der Waals surface area contributed by atoms with Crippen LogP contribution in [0.25, 0.3) is 11.0 Å². The third-order valence-electron chi connectivity index (χ3n) is 6.06. The van der Waals surface area contributed by atoms with Crippen LogP contribution < -0.4 is 4.90 Å². The highest BCUT2D eigenvalue weighted by Gasteiger charge is 2.34. The summed E-state index contributed by atoms with van der Waals surface area (Å²) in [7, 11) is 1.37. The van der Waals surface area contributed by atoms with Gasteiger partial charge in [0.1, 0.15) is 17.5 Å². The SMILES string of the molecule is COC(=O)c1ccc(Cn2ccc3cc(N4CC(C)N(CC(C)(C)F)C(O)C4)cnc32)cc1. The van der Waals surface area contributed by atoms with E-state index in [9.17, 15) is 14.3 Å². The van der Waals surface area contributed by atoms with E-state index in [0.717, 1.165) is 22.3 Å². The van der Waals surface area contributed by atoms with E-state index in [4.69, 9.17) is 9.72 Å². The average Bonchev–Trinajstić information content (AvgIpc) is 3.17. The maximum Gasteiger partial charge on any atom is 0.337 e. The number of methoxy groups -OCH3 is 1. The van der Waals surface area contributed by atoms with Crippen molar-refractivity contribution in [1.29, 1.82) is 0 Å². The quantitative estimate of drug-likeness (QED) is 0.576. The van der Waals surface area contributed by atoms with E-state index in [1.807, 2.05) is 42.4 Å². The minimum atomic E-state index is -1.36. The van der Waals surface area contributed by atoms with E-state index in [1.165, 1.54) is 21.0 Å². The first-order valence-electron chi connectivity index (χ1n) is 11.1. The lowest BCUT2D eigenvalue weighted by molar-refractivity contribution is -0.0551. The Morgan fingerprint density at radius 2 is 1.97 bits per heavy atom. The molecule has 2 unspecified atom stereocenters. The number of pyridine rings is 1. The number of carbonyl (C=O) groups excluding carboxylic acids is 1. The molecule has 33 heavy (non-hydrogen) atoms. The van der Waals surface area contributed by atoms with Gasteiger partial charge in [0, 0.05) is 37.3 Å². The van der Waals surface area contributed by atoms with Crippen molar-refractivity contribution in [3.05, 3.63) is 59.9 Å². The van der Waals surface area contributed by atoms with E-state index in [2.05, 4.69) is 15.5 Å². The van der Waals surface area contributed by atoms with E-state index in [-0.39, 0.29) is 18.6 Å². The van der Waals surface area contributed by atoms with Gasteiger partial charge in [-0.2, -0.15) is 0 Å². The number of carbonyl (C=O) groups is 1. The molecule has 1 aliphatic rings. The van der Waals surface area contributed by atoms with Gasteiger partial charge < -0.3 is 19.3 Å². The second kappa shape index (κ2) is 9.11. The normalized spacial score (nSPS) is 19.8. The van der Waals surface area contributed by atoms with Crippen molar-refractivity contribution < 1.29 is 19.0 Å². The number of aliphatic hydroxyl groups excluding tert-OH is 1. The number of benzene rings is 1. The number of hydrogen-bond acceptors (Lipinski definition) is 6. The molecule has 1 fully saturated rings. The number of aliphatic hydroxyl groups is 1. The Morgan fingerprint density at radius 3 is 2.61 bits per heavy atom. The lowest BCUT2D eigenvalue weighted by Gasteiger charge is -2.45. The molecule has 8 heteroatoms. The number of piperazine rings is 1. The number of ether oxygens (including phenoxy) is 1. The predicted octanol–water partition coefficient (Wildman–Crippen LogP) is 3.45. The van der Waals surface area contributed by atoms with Crippen LogP contribution in [0.1, 0.15) is 36.7 Å². The van der Waals surface area contributed by atoms with Gasteiger partial charge in [-0.05, 0) is 50.6 Å². The molecule has 0 aliphatic carbocycles. The molecule has 0 amide bonds. The summed E-state index contributed by atoms with van der Waals surface area (Å²) in [4.78, 5) is 20.2. The van der Waals surface area contributed by atoms with Crippen molar-refractivity contribution >= 4 is 22.7 Å². The molecule has 1 aliphatic heterocycles. The molecule has 1 aromatic carbocycles. The van der Waals surface area contributed by atoms with Crippen molar-refractivity contribution in [3.63, 3.8) is 0 Å². The molecule has 3 aromatic rings. The lowest BCUT2D eigenvalue weighted by Crippen LogP contribution is -2.60. The number of β-amino-alcohol motifs (C(OH)–C–C–N with tert-alkyl or cyclic N) is 1. The van der Waals surface area contributed by atoms with Crippen LogP contribution in [0.3, 0.4) is 0 Å². The van der Waals surface area contributed by atoms with Crippen LogP contribution in [0, 0.1) is 0 Å². The van der Waals surface area contributed by atoms with Crippen LogP contribution in [0.4, 0.5) is 10.1 Å². The van der Waals surface area contributed by atoms with Crippen molar-refractivity contribution in [2.75, 3.05) is 31.6 Å². The number of esters is 1. The summed E-state index contributed by atoms with van der Waals surface area (Å²) < 4.78 is 21.0. The minimum absolute atomic E-state index is 0.0111. The van der Waals surface area contributed by atoms with Gasteiger partial charge in [-0.1, -0.05) is 12.1 Å². The average molecular weight is 455 g/mol. The van der Waals surface area contributed by atoms with Crippen LogP contribution in [0.5, 0.6) is 0 Å². The number of aromatic nitrogens is 2. The van der Waals surface area contributed by atoms with E-state index < -0.39 is 11.9 Å². The molecular weight excluding hydrogens is 423 g/mol. The number of anilines is 1. The molecular formula is C25H31FN4O3. The summed E-state index contributed by atoms with van der Waals surface area (Å²) in [6, 6.07) is 11.4. The smallest absolute Gasteiger partial charge is 0.337 e. The fourth-order valence-corrected chi connectivity index (χ4v) is 4.43. The molecule has 0 bridgehead atoms. The Kier molecular flexibility index (Phi) is 6.41. The summed E-state index contributed by atoms with van der Waals surface area (Å²) in [6.07, 6.45) is 3.08. The van der Waals surface area contributed by atoms with E-state index >= 15 is 0 Å². The number of nitrogens with zero attached hydrogens (tertiary/aromatic N) is 4. The summed E-state index contributed by atoms with van der Waals surface area (Å²) >= 11 is 0. The number of halogens is 1. The van der Waals surface area contributed by atoms with Gasteiger partial charge in [-0.15, -0.1) is 0 Å². The largest absolute Gasteiger partial charge is 0.465 e. The molecule has 0 saturated carbocycles. The van der Waals surface area contributed by atoms with Gasteiger partial charge in [-0.25, -0.2) is 14.2 Å². The Hall–Kier alpha value is -2.97. The molecule has 0 spiro atoms. The van der Waals surface area contributed by atoms with E-state index in [1.54, 1.807) is 12.1 Å². The van der Waals surface area contributed by atoms with Crippen LogP contribution in [-0.4, -0.2) is 70.2 Å². The monoisotopic (exact) mass is 454 g/mol. The Balaban J connectivity index is 1.48. The molecule has 1 saturated heterocycles.